The largest absolute Gasteiger partial charge is 0.383 e. The van der Waals surface area contributed by atoms with Gasteiger partial charge in [-0.25, -0.2) is 0 Å². The van der Waals surface area contributed by atoms with Crippen LogP contribution >= 0.6 is 0 Å². The molecule has 0 amide bonds. The van der Waals surface area contributed by atoms with Gasteiger partial charge < -0.3 is 14.8 Å². The number of methoxy groups -OCH3 is 1. The van der Waals surface area contributed by atoms with Crippen LogP contribution in [0, 0.1) is 0 Å². The highest BCUT2D eigenvalue weighted by Gasteiger charge is 2.14. The molecule has 5 heteroatoms. The van der Waals surface area contributed by atoms with E-state index in [2.05, 4.69) is 10.4 Å². The van der Waals surface area contributed by atoms with Gasteiger partial charge in [0.15, 0.2) is 0 Å². The maximum absolute atomic E-state index is 5.41. The van der Waals surface area contributed by atoms with Crippen molar-refractivity contribution in [2.45, 2.75) is 25.4 Å². The first-order valence-electron chi connectivity index (χ1n) is 5.75. The van der Waals surface area contributed by atoms with E-state index in [0.717, 1.165) is 38.4 Å². The molecule has 90 valence electrons. The Kier molecular flexibility index (Phi) is 4.18. The lowest BCUT2D eigenvalue weighted by Gasteiger charge is -2.22. The summed E-state index contributed by atoms with van der Waals surface area (Å²) in [6.45, 7) is 3.15. The summed E-state index contributed by atoms with van der Waals surface area (Å²) >= 11 is 0. The fraction of sp³-hybridized carbons (Fsp3) is 0.727. The van der Waals surface area contributed by atoms with Crippen molar-refractivity contribution in [3.8, 4) is 0 Å². The van der Waals surface area contributed by atoms with Crippen molar-refractivity contribution < 1.29 is 9.47 Å². The molecule has 1 aliphatic rings. The molecule has 0 radical (unpaired) electrons. The molecule has 1 saturated heterocycles. The van der Waals surface area contributed by atoms with E-state index in [1.165, 1.54) is 0 Å². The molecule has 1 aromatic rings. The van der Waals surface area contributed by atoms with Crippen LogP contribution in [-0.4, -0.2) is 42.8 Å². The molecule has 0 saturated carbocycles. The molecule has 0 bridgehead atoms. The molecular weight excluding hydrogens is 206 g/mol. The fourth-order valence-electron chi connectivity index (χ4n) is 1.81. The molecule has 1 aliphatic heterocycles. The zero-order valence-corrected chi connectivity index (χ0v) is 9.69. The molecule has 1 unspecified atom stereocenters. The minimum atomic E-state index is 0.402. The van der Waals surface area contributed by atoms with Crippen LogP contribution in [0.4, 0.5) is 5.82 Å². The molecule has 1 fully saturated rings. The van der Waals surface area contributed by atoms with Gasteiger partial charge in [-0.05, 0) is 12.8 Å². The van der Waals surface area contributed by atoms with Gasteiger partial charge in [0.05, 0.1) is 25.8 Å². The van der Waals surface area contributed by atoms with Gasteiger partial charge in [-0.15, -0.1) is 0 Å². The van der Waals surface area contributed by atoms with Crippen molar-refractivity contribution in [1.82, 2.24) is 9.78 Å². The van der Waals surface area contributed by atoms with Gasteiger partial charge in [0.1, 0.15) is 5.82 Å². The Morgan fingerprint density at radius 2 is 2.62 bits per heavy atom. The normalized spacial score (nSPS) is 20.9. The van der Waals surface area contributed by atoms with Gasteiger partial charge in [-0.1, -0.05) is 0 Å². The first-order chi connectivity index (χ1) is 7.88. The number of hydrogen-bond acceptors (Lipinski definition) is 4. The lowest BCUT2D eigenvalue weighted by atomic mass is 10.1. The van der Waals surface area contributed by atoms with Gasteiger partial charge in [-0.3, -0.25) is 4.68 Å². The summed E-state index contributed by atoms with van der Waals surface area (Å²) in [4.78, 5) is 0. The Hall–Kier alpha value is -1.07. The van der Waals surface area contributed by atoms with Crippen molar-refractivity contribution >= 4 is 5.82 Å². The Morgan fingerprint density at radius 3 is 3.38 bits per heavy atom. The second-order valence-electron chi connectivity index (χ2n) is 4.02. The monoisotopic (exact) mass is 225 g/mol. The van der Waals surface area contributed by atoms with Crippen LogP contribution in [0.25, 0.3) is 0 Å². The van der Waals surface area contributed by atoms with Gasteiger partial charge in [0, 0.05) is 26.0 Å². The Balaban J connectivity index is 1.81. The highest BCUT2D eigenvalue weighted by Crippen LogP contribution is 2.12. The van der Waals surface area contributed by atoms with Crippen LogP contribution in [0.5, 0.6) is 0 Å². The van der Waals surface area contributed by atoms with Gasteiger partial charge >= 0.3 is 0 Å². The molecule has 0 aliphatic carbocycles. The van der Waals surface area contributed by atoms with Crippen LogP contribution in [0.3, 0.4) is 0 Å². The van der Waals surface area contributed by atoms with Crippen molar-refractivity contribution in [2.75, 3.05) is 32.2 Å². The molecule has 1 aromatic heterocycles. The number of aromatic nitrogens is 2. The molecule has 2 heterocycles. The van der Waals surface area contributed by atoms with E-state index >= 15 is 0 Å². The van der Waals surface area contributed by atoms with Crippen molar-refractivity contribution in [2.24, 2.45) is 0 Å². The van der Waals surface area contributed by atoms with E-state index in [0.29, 0.717) is 12.6 Å². The molecule has 0 spiro atoms. The van der Waals surface area contributed by atoms with Crippen LogP contribution < -0.4 is 5.32 Å². The lowest BCUT2D eigenvalue weighted by molar-refractivity contribution is 0.0875. The predicted octanol–water partition coefficient (Wildman–Crippen LogP) is 1.12. The molecular formula is C11H19N3O2. The standard InChI is InChI=1S/C11H19N3O2/c1-15-8-6-14-5-4-11(13-14)12-10-3-2-7-16-9-10/h4-5,10H,2-3,6-9H2,1H3,(H,12,13). The molecule has 1 atom stereocenters. The van der Waals surface area contributed by atoms with Gasteiger partial charge in [-0.2, -0.15) is 5.10 Å². The average molecular weight is 225 g/mol. The predicted molar refractivity (Wildman–Crippen MR) is 61.6 cm³/mol. The summed E-state index contributed by atoms with van der Waals surface area (Å²) < 4.78 is 12.3. The first-order valence-corrected chi connectivity index (χ1v) is 5.75. The summed E-state index contributed by atoms with van der Waals surface area (Å²) in [5.74, 6) is 0.923. The second kappa shape index (κ2) is 5.86. The third-order valence-corrected chi connectivity index (χ3v) is 2.68. The summed E-state index contributed by atoms with van der Waals surface area (Å²) in [6.07, 6.45) is 4.25. The average Bonchev–Trinajstić information content (AvgIpc) is 2.75. The molecule has 5 nitrogen and oxygen atoms in total. The van der Waals surface area contributed by atoms with E-state index in [4.69, 9.17) is 9.47 Å². The summed E-state index contributed by atoms with van der Waals surface area (Å²) in [6, 6.07) is 2.39. The van der Waals surface area contributed by atoms with Crippen LogP contribution in [0.15, 0.2) is 12.3 Å². The zero-order chi connectivity index (χ0) is 11.2. The van der Waals surface area contributed by atoms with E-state index < -0.39 is 0 Å². The van der Waals surface area contributed by atoms with Gasteiger partial charge in [0.25, 0.3) is 0 Å². The highest BCUT2D eigenvalue weighted by molar-refractivity contribution is 5.33. The molecule has 2 rings (SSSR count). The van der Waals surface area contributed by atoms with Crippen LogP contribution in [0.2, 0.25) is 0 Å². The quantitative estimate of drug-likeness (QED) is 0.815. The minimum absolute atomic E-state index is 0.402. The zero-order valence-electron chi connectivity index (χ0n) is 9.69. The Morgan fingerprint density at radius 1 is 1.69 bits per heavy atom. The minimum Gasteiger partial charge on any atom is -0.383 e. The van der Waals surface area contributed by atoms with E-state index in [-0.39, 0.29) is 0 Å². The molecule has 0 aromatic carbocycles. The first kappa shape index (κ1) is 11.4. The third-order valence-electron chi connectivity index (χ3n) is 2.68. The van der Waals surface area contributed by atoms with Crippen LogP contribution in [0.1, 0.15) is 12.8 Å². The Labute approximate surface area is 95.7 Å². The highest BCUT2D eigenvalue weighted by atomic mass is 16.5. The van der Waals surface area contributed by atoms with Gasteiger partial charge in [0.2, 0.25) is 0 Å². The lowest BCUT2D eigenvalue weighted by Crippen LogP contribution is -2.30. The maximum atomic E-state index is 5.41. The van der Waals surface area contributed by atoms with E-state index in [9.17, 15) is 0 Å². The fourth-order valence-corrected chi connectivity index (χ4v) is 1.81. The summed E-state index contributed by atoms with van der Waals surface area (Å²) in [5, 5.41) is 7.79. The van der Waals surface area contributed by atoms with Crippen molar-refractivity contribution in [3.05, 3.63) is 12.3 Å². The topological polar surface area (TPSA) is 48.3 Å². The summed E-state index contributed by atoms with van der Waals surface area (Å²) in [5.41, 5.74) is 0. The van der Waals surface area contributed by atoms with Crippen LogP contribution in [-0.2, 0) is 16.0 Å². The number of anilines is 1. The van der Waals surface area contributed by atoms with Crippen molar-refractivity contribution in [3.63, 3.8) is 0 Å². The second-order valence-corrected chi connectivity index (χ2v) is 4.02. The number of nitrogens with one attached hydrogen (secondary N) is 1. The van der Waals surface area contributed by atoms with E-state index in [1.807, 2.05) is 16.9 Å². The van der Waals surface area contributed by atoms with Crippen molar-refractivity contribution in [1.29, 1.82) is 0 Å². The SMILES string of the molecule is COCCn1ccc(NC2CCCOC2)n1. The maximum Gasteiger partial charge on any atom is 0.148 e. The number of ether oxygens (including phenoxy) is 2. The Bertz CT molecular complexity index is 308. The number of nitrogens with zero attached hydrogens (tertiary/aromatic N) is 2. The summed E-state index contributed by atoms with van der Waals surface area (Å²) in [7, 11) is 1.70. The molecule has 1 N–H and O–H groups in total. The number of hydrogen-bond donors (Lipinski definition) is 1. The molecule has 16 heavy (non-hydrogen) atoms. The number of rotatable bonds is 5. The third kappa shape index (κ3) is 3.21. The van der Waals surface area contributed by atoms with E-state index in [1.54, 1.807) is 7.11 Å². The smallest absolute Gasteiger partial charge is 0.148 e.